The molecule has 0 aliphatic rings. The lowest BCUT2D eigenvalue weighted by molar-refractivity contribution is -0.897. The molecule has 0 aromatic heterocycles. The van der Waals surface area contributed by atoms with Crippen LogP contribution in [-0.2, 0) is 6.54 Å². The fourth-order valence-corrected chi connectivity index (χ4v) is 1.87. The van der Waals surface area contributed by atoms with Gasteiger partial charge in [0.15, 0.2) is 0 Å². The van der Waals surface area contributed by atoms with Gasteiger partial charge in [0.05, 0.1) is 30.7 Å². The van der Waals surface area contributed by atoms with Crippen LogP contribution >= 0.6 is 23.2 Å². The summed E-state index contributed by atoms with van der Waals surface area (Å²) in [7, 11) is 4.31. The van der Waals surface area contributed by atoms with Gasteiger partial charge in [0.1, 0.15) is 6.54 Å². The van der Waals surface area contributed by atoms with Gasteiger partial charge in [-0.3, -0.25) is 0 Å². The summed E-state index contributed by atoms with van der Waals surface area (Å²) in [6, 6.07) is 5.78. The predicted octanol–water partition coefficient (Wildman–Crippen LogP) is 0.760. The minimum atomic E-state index is 0. The molecule has 0 unspecified atom stereocenters. The lowest BCUT2D eigenvalue weighted by Crippen LogP contribution is -3.00. The number of hydrogen-bond donors (Lipinski definition) is 0. The van der Waals surface area contributed by atoms with Crippen molar-refractivity contribution in [1.29, 1.82) is 0 Å². The zero-order chi connectivity index (χ0) is 11.5. The lowest BCUT2D eigenvalue weighted by atomic mass is 10.2. The van der Waals surface area contributed by atoms with Crippen LogP contribution in [0.5, 0.6) is 0 Å². The Balaban J connectivity index is 0.00000225. The van der Waals surface area contributed by atoms with Gasteiger partial charge in [-0.15, -0.1) is 0 Å². The van der Waals surface area contributed by atoms with E-state index in [0.29, 0.717) is 10.0 Å². The predicted molar refractivity (Wildman–Crippen MR) is 67.3 cm³/mol. The third-order valence-electron chi connectivity index (χ3n) is 2.22. The number of rotatable bonds is 4. The average Bonchev–Trinajstić information content (AvgIpc) is 2.10. The molecule has 0 N–H and O–H groups in total. The minimum Gasteiger partial charge on any atom is -1.00 e. The highest BCUT2D eigenvalue weighted by Gasteiger charge is 2.14. The summed E-state index contributed by atoms with van der Waals surface area (Å²) in [6.07, 6.45) is 1.93. The molecular weight excluding hydrogens is 264 g/mol. The summed E-state index contributed by atoms with van der Waals surface area (Å²) in [5, 5.41) is 1.22. The van der Waals surface area contributed by atoms with Gasteiger partial charge >= 0.3 is 0 Å². The Morgan fingerprint density at radius 1 is 1.25 bits per heavy atom. The number of hydrogen-bond acceptors (Lipinski definition) is 0. The summed E-state index contributed by atoms with van der Waals surface area (Å²) in [4.78, 5) is 0. The Morgan fingerprint density at radius 2 is 1.88 bits per heavy atom. The van der Waals surface area contributed by atoms with Gasteiger partial charge in [0, 0.05) is 5.56 Å². The Labute approximate surface area is 114 Å². The van der Waals surface area contributed by atoms with Crippen LogP contribution < -0.4 is 12.4 Å². The summed E-state index contributed by atoms with van der Waals surface area (Å²) < 4.78 is 0.863. The number of nitrogens with zero attached hydrogens (tertiary/aromatic N) is 1. The minimum absolute atomic E-state index is 0. The van der Waals surface area contributed by atoms with Gasteiger partial charge in [-0.05, 0) is 18.2 Å². The molecule has 1 nitrogen and oxygen atoms in total. The maximum absolute atomic E-state index is 5.96. The molecule has 0 heterocycles. The summed E-state index contributed by atoms with van der Waals surface area (Å²) in [5.74, 6) is 0. The first-order valence-electron chi connectivity index (χ1n) is 4.81. The fraction of sp³-hybridized carbons (Fsp3) is 0.333. The van der Waals surface area contributed by atoms with E-state index in [1.54, 1.807) is 0 Å². The topological polar surface area (TPSA) is 0 Å². The molecule has 0 bridgehead atoms. The molecule has 0 saturated carbocycles. The van der Waals surface area contributed by atoms with Crippen LogP contribution in [0.4, 0.5) is 0 Å². The number of quaternary nitrogens is 1. The van der Waals surface area contributed by atoms with Crippen LogP contribution in [0.3, 0.4) is 0 Å². The molecular formula is C12H16Cl3N. The summed E-state index contributed by atoms with van der Waals surface area (Å²) in [5.41, 5.74) is 1.19. The molecule has 0 radical (unpaired) electrons. The lowest BCUT2D eigenvalue weighted by Gasteiger charge is -2.28. The van der Waals surface area contributed by atoms with E-state index in [2.05, 4.69) is 20.7 Å². The first-order chi connectivity index (χ1) is 6.94. The molecule has 0 aliphatic carbocycles. The highest BCUT2D eigenvalue weighted by atomic mass is 35.5. The maximum atomic E-state index is 5.96. The second-order valence-electron chi connectivity index (χ2n) is 4.31. The molecule has 0 spiro atoms. The molecule has 0 saturated heterocycles. The van der Waals surface area contributed by atoms with Gasteiger partial charge in [-0.25, -0.2) is 0 Å². The van der Waals surface area contributed by atoms with Crippen molar-refractivity contribution in [2.24, 2.45) is 0 Å². The standard InChI is InChI=1S/C12H16Cl2N.ClH/c1-4-7-15(2,3)9-10-5-6-11(13)12(14)8-10;/h4-6,8H,1,7,9H2,2-3H3;1H/q+1;/p-1. The van der Waals surface area contributed by atoms with Crippen molar-refractivity contribution >= 4 is 23.2 Å². The summed E-state index contributed by atoms with van der Waals surface area (Å²) >= 11 is 11.8. The molecule has 0 aliphatic heterocycles. The van der Waals surface area contributed by atoms with Crippen molar-refractivity contribution in [3.05, 3.63) is 46.5 Å². The van der Waals surface area contributed by atoms with Crippen molar-refractivity contribution in [2.75, 3.05) is 20.6 Å². The molecule has 1 rings (SSSR count). The van der Waals surface area contributed by atoms with Crippen molar-refractivity contribution in [3.63, 3.8) is 0 Å². The van der Waals surface area contributed by atoms with Crippen LogP contribution in [0, 0.1) is 0 Å². The Hall–Kier alpha value is -0.210. The average molecular weight is 281 g/mol. The van der Waals surface area contributed by atoms with Gasteiger partial charge < -0.3 is 16.9 Å². The third-order valence-corrected chi connectivity index (χ3v) is 2.96. The smallest absolute Gasteiger partial charge is 0.104 e. The normalized spacial score (nSPS) is 10.8. The molecule has 4 heteroatoms. The third kappa shape index (κ3) is 4.75. The van der Waals surface area contributed by atoms with Crippen molar-refractivity contribution < 1.29 is 16.9 Å². The van der Waals surface area contributed by atoms with E-state index >= 15 is 0 Å². The Bertz CT molecular complexity index is 361. The zero-order valence-electron chi connectivity index (χ0n) is 9.51. The van der Waals surface area contributed by atoms with Crippen LogP contribution in [0.1, 0.15) is 5.56 Å². The molecule has 90 valence electrons. The second-order valence-corrected chi connectivity index (χ2v) is 5.13. The van der Waals surface area contributed by atoms with Crippen LogP contribution in [0.15, 0.2) is 30.9 Å². The van der Waals surface area contributed by atoms with Crippen molar-refractivity contribution in [3.8, 4) is 0 Å². The van der Waals surface area contributed by atoms with Gasteiger partial charge in [0.25, 0.3) is 0 Å². The quantitative estimate of drug-likeness (QED) is 0.564. The molecule has 1 aromatic rings. The van der Waals surface area contributed by atoms with Crippen molar-refractivity contribution in [1.82, 2.24) is 0 Å². The first kappa shape index (κ1) is 15.8. The highest BCUT2D eigenvalue weighted by Crippen LogP contribution is 2.23. The fourth-order valence-electron chi connectivity index (χ4n) is 1.55. The Kier molecular flexibility index (Phi) is 6.42. The molecule has 0 amide bonds. The van der Waals surface area contributed by atoms with E-state index in [0.717, 1.165) is 17.6 Å². The van der Waals surface area contributed by atoms with Crippen LogP contribution in [-0.4, -0.2) is 25.1 Å². The van der Waals surface area contributed by atoms with Crippen LogP contribution in [0.2, 0.25) is 10.0 Å². The van der Waals surface area contributed by atoms with E-state index in [4.69, 9.17) is 23.2 Å². The van der Waals surface area contributed by atoms with Gasteiger partial charge in [0.2, 0.25) is 0 Å². The van der Waals surface area contributed by atoms with E-state index in [1.165, 1.54) is 5.56 Å². The van der Waals surface area contributed by atoms with E-state index in [-0.39, 0.29) is 12.4 Å². The molecule has 0 atom stereocenters. The van der Waals surface area contributed by atoms with Gasteiger partial charge in [-0.2, -0.15) is 0 Å². The number of benzene rings is 1. The van der Waals surface area contributed by atoms with E-state index in [9.17, 15) is 0 Å². The Morgan fingerprint density at radius 3 is 2.38 bits per heavy atom. The molecule has 0 fully saturated rings. The zero-order valence-corrected chi connectivity index (χ0v) is 11.8. The number of likely N-dealkylation sites (N-methyl/N-ethyl adjacent to an activating group) is 1. The van der Waals surface area contributed by atoms with Crippen molar-refractivity contribution in [2.45, 2.75) is 6.54 Å². The highest BCUT2D eigenvalue weighted by molar-refractivity contribution is 6.41. The van der Waals surface area contributed by atoms with Crippen LogP contribution in [0.25, 0.3) is 0 Å². The number of halogens is 3. The largest absolute Gasteiger partial charge is 1.00 e. The monoisotopic (exact) mass is 279 g/mol. The maximum Gasteiger partial charge on any atom is 0.104 e. The van der Waals surface area contributed by atoms with E-state index in [1.807, 2.05) is 24.3 Å². The van der Waals surface area contributed by atoms with E-state index < -0.39 is 0 Å². The molecule has 1 aromatic carbocycles. The van der Waals surface area contributed by atoms with Gasteiger partial charge in [-0.1, -0.05) is 35.8 Å². The molecule has 16 heavy (non-hydrogen) atoms. The first-order valence-corrected chi connectivity index (χ1v) is 5.57. The second kappa shape index (κ2) is 6.51. The SMILES string of the molecule is C=CC[N+](C)(C)Cc1ccc(Cl)c(Cl)c1.[Cl-]. The summed E-state index contributed by atoms with van der Waals surface area (Å²) in [6.45, 7) is 5.61.